The van der Waals surface area contributed by atoms with E-state index in [9.17, 15) is 14.4 Å². The molecule has 0 aromatic heterocycles. The van der Waals surface area contributed by atoms with Gasteiger partial charge >= 0.3 is 7.60 Å². The minimum atomic E-state index is -4.29. The third kappa shape index (κ3) is 7.62. The molecule has 0 bridgehead atoms. The van der Waals surface area contributed by atoms with E-state index in [-0.39, 0.29) is 11.5 Å². The summed E-state index contributed by atoms with van der Waals surface area (Å²) in [6, 6.07) is 17.1. The monoisotopic (exact) mass is 418 g/mol. The summed E-state index contributed by atoms with van der Waals surface area (Å²) in [6.07, 6.45) is 2.34. The molecule has 160 valence electrons. The normalized spacial score (nSPS) is 15.6. The SMILES string of the molecule is CCC(C)CC(CC(c1ccccc1)P(=O)(O)O)c1ccc(OC(C)(C)C)cc1. The van der Waals surface area contributed by atoms with Gasteiger partial charge < -0.3 is 14.5 Å². The smallest absolute Gasteiger partial charge is 0.332 e. The van der Waals surface area contributed by atoms with Gasteiger partial charge in [0.05, 0.1) is 5.66 Å². The summed E-state index contributed by atoms with van der Waals surface area (Å²) in [5.74, 6) is 1.34. The van der Waals surface area contributed by atoms with E-state index >= 15 is 0 Å². The second-order valence-corrected chi connectivity index (χ2v) is 10.8. The Morgan fingerprint density at radius 1 is 0.931 bits per heavy atom. The lowest BCUT2D eigenvalue weighted by Gasteiger charge is -2.27. The van der Waals surface area contributed by atoms with Crippen LogP contribution in [0.4, 0.5) is 0 Å². The molecular formula is C24H35O4P. The van der Waals surface area contributed by atoms with Crippen LogP contribution < -0.4 is 4.74 Å². The Labute approximate surface area is 175 Å². The van der Waals surface area contributed by atoms with Gasteiger partial charge in [0, 0.05) is 0 Å². The van der Waals surface area contributed by atoms with Crippen molar-refractivity contribution in [1.29, 1.82) is 0 Å². The van der Waals surface area contributed by atoms with Crippen molar-refractivity contribution in [3.05, 3.63) is 65.7 Å². The standard InChI is InChI=1S/C24H35O4P/c1-6-18(2)16-21(19-12-14-22(15-13-19)28-24(3,4)5)17-23(29(25,26)27)20-10-8-7-9-11-20/h7-15,18,21,23H,6,16-17H2,1-5H3,(H2,25,26,27). The summed E-state index contributed by atoms with van der Waals surface area (Å²) >= 11 is 0. The van der Waals surface area contributed by atoms with Crippen LogP contribution in [-0.4, -0.2) is 15.4 Å². The van der Waals surface area contributed by atoms with Crippen molar-refractivity contribution in [3.8, 4) is 5.75 Å². The highest BCUT2D eigenvalue weighted by Gasteiger charge is 2.33. The molecule has 2 aromatic carbocycles. The lowest BCUT2D eigenvalue weighted by molar-refractivity contribution is 0.131. The zero-order valence-electron chi connectivity index (χ0n) is 18.2. The molecule has 0 aliphatic carbocycles. The number of hydrogen-bond donors (Lipinski definition) is 2. The third-order valence-electron chi connectivity index (χ3n) is 5.26. The quantitative estimate of drug-likeness (QED) is 0.445. The van der Waals surface area contributed by atoms with Gasteiger partial charge in [-0.15, -0.1) is 0 Å². The molecule has 29 heavy (non-hydrogen) atoms. The van der Waals surface area contributed by atoms with Gasteiger partial charge in [0.15, 0.2) is 0 Å². The number of hydrogen-bond acceptors (Lipinski definition) is 2. The van der Waals surface area contributed by atoms with Gasteiger partial charge in [-0.25, -0.2) is 0 Å². The van der Waals surface area contributed by atoms with Crippen molar-refractivity contribution < 1.29 is 19.1 Å². The first-order valence-corrected chi connectivity index (χ1v) is 12.1. The van der Waals surface area contributed by atoms with Crippen molar-refractivity contribution in [1.82, 2.24) is 0 Å². The summed E-state index contributed by atoms with van der Waals surface area (Å²) < 4.78 is 18.3. The molecule has 0 fully saturated rings. The Kier molecular flexibility index (Phi) is 8.10. The van der Waals surface area contributed by atoms with Gasteiger partial charge in [0.2, 0.25) is 0 Å². The van der Waals surface area contributed by atoms with Crippen LogP contribution >= 0.6 is 7.60 Å². The predicted molar refractivity (Wildman–Crippen MR) is 119 cm³/mol. The maximum absolute atomic E-state index is 12.3. The lowest BCUT2D eigenvalue weighted by Crippen LogP contribution is -2.22. The summed E-state index contributed by atoms with van der Waals surface area (Å²) in [7, 11) is -4.29. The fourth-order valence-electron chi connectivity index (χ4n) is 3.59. The van der Waals surface area contributed by atoms with Gasteiger partial charge in [-0.05, 0) is 68.7 Å². The highest BCUT2D eigenvalue weighted by molar-refractivity contribution is 7.52. The molecule has 0 aliphatic rings. The second-order valence-electron chi connectivity index (χ2n) is 8.98. The minimum absolute atomic E-state index is 0.0615. The average molecular weight is 419 g/mol. The molecule has 3 atom stereocenters. The topological polar surface area (TPSA) is 66.8 Å². The molecule has 0 saturated heterocycles. The molecule has 4 nitrogen and oxygen atoms in total. The van der Waals surface area contributed by atoms with Crippen molar-refractivity contribution in [2.45, 2.75) is 71.1 Å². The largest absolute Gasteiger partial charge is 0.488 e. The third-order valence-corrected chi connectivity index (χ3v) is 6.58. The summed E-state index contributed by atoms with van der Waals surface area (Å²) in [5.41, 5.74) is 0.725. The average Bonchev–Trinajstić information content (AvgIpc) is 2.64. The Hall–Kier alpha value is -1.61. The molecule has 0 heterocycles. The van der Waals surface area contributed by atoms with Gasteiger partial charge in [0.25, 0.3) is 0 Å². The molecule has 0 spiro atoms. The van der Waals surface area contributed by atoms with Crippen LogP contribution in [0.2, 0.25) is 0 Å². The van der Waals surface area contributed by atoms with E-state index in [0.29, 0.717) is 17.9 Å². The zero-order valence-corrected chi connectivity index (χ0v) is 19.1. The zero-order chi connectivity index (χ0) is 21.7. The first-order valence-electron chi connectivity index (χ1n) is 10.4. The van der Waals surface area contributed by atoms with Crippen LogP contribution in [-0.2, 0) is 4.57 Å². The van der Waals surface area contributed by atoms with E-state index < -0.39 is 13.3 Å². The second kappa shape index (κ2) is 9.93. The lowest BCUT2D eigenvalue weighted by atomic mass is 9.84. The van der Waals surface area contributed by atoms with E-state index in [0.717, 1.165) is 24.2 Å². The maximum atomic E-state index is 12.3. The first-order chi connectivity index (χ1) is 13.5. The van der Waals surface area contributed by atoms with Gasteiger partial charge in [-0.1, -0.05) is 62.7 Å². The van der Waals surface area contributed by atoms with Crippen molar-refractivity contribution in [3.63, 3.8) is 0 Å². The Balaban J connectivity index is 2.33. The molecule has 2 N–H and O–H groups in total. The van der Waals surface area contributed by atoms with Gasteiger partial charge in [-0.2, -0.15) is 0 Å². The van der Waals surface area contributed by atoms with Gasteiger partial charge in [-0.3, -0.25) is 4.57 Å². The molecule has 2 aromatic rings. The molecule has 0 saturated carbocycles. The van der Waals surface area contributed by atoms with Crippen LogP contribution in [0.1, 0.15) is 76.6 Å². The van der Waals surface area contributed by atoms with E-state index in [2.05, 4.69) is 13.8 Å². The molecule has 3 unspecified atom stereocenters. The minimum Gasteiger partial charge on any atom is -0.488 e. The summed E-state index contributed by atoms with van der Waals surface area (Å²) in [6.45, 7) is 10.4. The van der Waals surface area contributed by atoms with Crippen LogP contribution in [0.3, 0.4) is 0 Å². The molecule has 0 amide bonds. The van der Waals surface area contributed by atoms with E-state index in [1.807, 2.05) is 75.4 Å². The van der Waals surface area contributed by atoms with Crippen molar-refractivity contribution in [2.75, 3.05) is 0 Å². The molecular weight excluding hydrogens is 383 g/mol. The van der Waals surface area contributed by atoms with E-state index in [1.54, 1.807) is 0 Å². The van der Waals surface area contributed by atoms with Crippen LogP contribution in [0.25, 0.3) is 0 Å². The predicted octanol–water partition coefficient (Wildman–Crippen LogP) is 6.69. The maximum Gasteiger partial charge on any atom is 0.332 e. The first kappa shape index (κ1) is 23.7. The Morgan fingerprint density at radius 2 is 1.52 bits per heavy atom. The summed E-state index contributed by atoms with van der Waals surface area (Å²) in [5, 5.41) is 0. The molecule has 0 radical (unpaired) electrons. The number of benzene rings is 2. The van der Waals surface area contributed by atoms with Crippen molar-refractivity contribution in [2.24, 2.45) is 5.92 Å². The van der Waals surface area contributed by atoms with E-state index in [1.165, 1.54) is 0 Å². The fourth-order valence-corrected chi connectivity index (χ4v) is 4.68. The Bertz CT molecular complexity index is 790. The molecule has 2 rings (SSSR count). The van der Waals surface area contributed by atoms with Crippen LogP contribution in [0, 0.1) is 5.92 Å². The highest BCUT2D eigenvalue weighted by atomic mass is 31.2. The summed E-state index contributed by atoms with van der Waals surface area (Å²) in [4.78, 5) is 20.2. The molecule has 5 heteroatoms. The Morgan fingerprint density at radius 3 is 2.00 bits per heavy atom. The van der Waals surface area contributed by atoms with E-state index in [4.69, 9.17) is 4.74 Å². The van der Waals surface area contributed by atoms with Crippen LogP contribution in [0.5, 0.6) is 5.75 Å². The van der Waals surface area contributed by atoms with Gasteiger partial charge in [0.1, 0.15) is 11.4 Å². The fraction of sp³-hybridized carbons (Fsp3) is 0.500. The number of ether oxygens (including phenoxy) is 1. The highest BCUT2D eigenvalue weighted by Crippen LogP contribution is 2.56. The van der Waals surface area contributed by atoms with Crippen LogP contribution in [0.15, 0.2) is 54.6 Å². The molecule has 0 aliphatic heterocycles. The number of rotatable bonds is 9. The van der Waals surface area contributed by atoms with Crippen molar-refractivity contribution >= 4 is 7.60 Å².